The Bertz CT molecular complexity index is 586. The zero-order chi connectivity index (χ0) is 18.1. The van der Waals surface area contributed by atoms with Gasteiger partial charge < -0.3 is 14.8 Å². The summed E-state index contributed by atoms with van der Waals surface area (Å²) in [5.41, 5.74) is 0.499. The lowest BCUT2D eigenvalue weighted by atomic mass is 10.0. The third-order valence-electron chi connectivity index (χ3n) is 3.17. The molecule has 0 aliphatic heterocycles. The summed E-state index contributed by atoms with van der Waals surface area (Å²) in [6.07, 6.45) is -1.77. The summed E-state index contributed by atoms with van der Waals surface area (Å²) in [5.74, 6) is -2.84. The molecule has 4 amide bonds. The Hall–Kier alpha value is -2.90. The van der Waals surface area contributed by atoms with Crippen molar-refractivity contribution in [3.63, 3.8) is 0 Å². The number of anilines is 1. The van der Waals surface area contributed by atoms with Gasteiger partial charge in [0.25, 0.3) is 5.91 Å². The molecule has 1 rings (SSSR count). The fraction of sp³-hybridized carbons (Fsp3) is 0.375. The Morgan fingerprint density at radius 1 is 1.04 bits per heavy atom. The van der Waals surface area contributed by atoms with E-state index in [-0.39, 0.29) is 11.3 Å². The summed E-state index contributed by atoms with van der Waals surface area (Å²) in [6, 6.07) is 8.54. The van der Waals surface area contributed by atoms with Gasteiger partial charge in [0.1, 0.15) is 5.92 Å². The topological polar surface area (TPSA) is 102 Å². The number of methoxy groups -OCH3 is 2. The average molecular weight is 336 g/mol. The molecule has 1 N–H and O–H groups in total. The van der Waals surface area contributed by atoms with Crippen molar-refractivity contribution in [2.45, 2.75) is 19.8 Å². The van der Waals surface area contributed by atoms with Crippen LogP contribution in [0.1, 0.15) is 19.8 Å². The lowest BCUT2D eigenvalue weighted by Gasteiger charge is -2.21. The van der Waals surface area contributed by atoms with Crippen molar-refractivity contribution in [1.82, 2.24) is 4.90 Å². The first-order valence-electron chi connectivity index (χ1n) is 7.32. The number of carbonyl (C=O) groups is 4. The number of imide groups is 3. The van der Waals surface area contributed by atoms with Crippen molar-refractivity contribution < 1.29 is 28.7 Å². The first kappa shape index (κ1) is 19.1. The smallest absolute Gasteiger partial charge is 0.426 e. The lowest BCUT2D eigenvalue weighted by Crippen LogP contribution is -2.47. The van der Waals surface area contributed by atoms with E-state index in [2.05, 4.69) is 14.8 Å². The van der Waals surface area contributed by atoms with E-state index in [0.29, 0.717) is 12.1 Å². The first-order valence-corrected chi connectivity index (χ1v) is 7.32. The second kappa shape index (κ2) is 9.29. The summed E-state index contributed by atoms with van der Waals surface area (Å²) < 4.78 is 8.83. The SMILES string of the molecule is CCCC(C(=O)Nc1ccccc1)C(=O)N(C(=O)OC)C(=O)OC. The molecule has 130 valence electrons. The van der Waals surface area contributed by atoms with Gasteiger partial charge in [0.05, 0.1) is 14.2 Å². The molecule has 8 heteroatoms. The van der Waals surface area contributed by atoms with Gasteiger partial charge in [0, 0.05) is 5.69 Å². The van der Waals surface area contributed by atoms with Crippen LogP contribution in [0.2, 0.25) is 0 Å². The second-order valence-electron chi connectivity index (χ2n) is 4.81. The van der Waals surface area contributed by atoms with Gasteiger partial charge in [0.2, 0.25) is 5.91 Å². The lowest BCUT2D eigenvalue weighted by molar-refractivity contribution is -0.137. The number of ether oxygens (including phenoxy) is 2. The molecule has 0 heterocycles. The van der Waals surface area contributed by atoms with Crippen LogP contribution in [-0.4, -0.2) is 43.1 Å². The standard InChI is InChI=1S/C16H20N2O6/c1-4-8-12(13(19)17-11-9-6-5-7-10-11)14(20)18(15(21)23-2)16(22)24-3/h5-7,9-10,12H,4,8H2,1-3H3,(H,17,19). The van der Waals surface area contributed by atoms with E-state index in [4.69, 9.17) is 0 Å². The van der Waals surface area contributed by atoms with Crippen molar-refractivity contribution in [2.24, 2.45) is 5.92 Å². The number of amides is 4. The molecule has 0 radical (unpaired) electrons. The molecule has 0 spiro atoms. The second-order valence-corrected chi connectivity index (χ2v) is 4.81. The third-order valence-corrected chi connectivity index (χ3v) is 3.17. The predicted octanol–water partition coefficient (Wildman–Crippen LogP) is 2.40. The van der Waals surface area contributed by atoms with Crippen LogP contribution in [0.4, 0.5) is 15.3 Å². The minimum atomic E-state index is -1.23. The highest BCUT2D eigenvalue weighted by Gasteiger charge is 2.38. The zero-order valence-electron chi connectivity index (χ0n) is 13.8. The average Bonchev–Trinajstić information content (AvgIpc) is 2.59. The molecule has 8 nitrogen and oxygen atoms in total. The number of carbonyl (C=O) groups excluding carboxylic acids is 4. The van der Waals surface area contributed by atoms with Gasteiger partial charge in [-0.2, -0.15) is 0 Å². The first-order chi connectivity index (χ1) is 11.5. The summed E-state index contributed by atoms with van der Waals surface area (Å²) in [4.78, 5) is 48.5. The van der Waals surface area contributed by atoms with Gasteiger partial charge in [-0.05, 0) is 18.6 Å². The molecular weight excluding hydrogens is 316 g/mol. The molecule has 0 saturated heterocycles. The van der Waals surface area contributed by atoms with E-state index in [1.54, 1.807) is 37.3 Å². The van der Waals surface area contributed by atoms with Crippen LogP contribution in [0.15, 0.2) is 30.3 Å². The van der Waals surface area contributed by atoms with Gasteiger partial charge in [0.15, 0.2) is 0 Å². The highest BCUT2D eigenvalue weighted by Crippen LogP contribution is 2.16. The molecule has 0 aliphatic carbocycles. The molecule has 0 aliphatic rings. The number of para-hydroxylation sites is 1. The summed E-state index contributed by atoms with van der Waals surface area (Å²) in [5, 5.41) is 2.59. The largest absolute Gasteiger partial charge is 0.452 e. The molecule has 0 aromatic heterocycles. The van der Waals surface area contributed by atoms with Gasteiger partial charge in [-0.25, -0.2) is 9.59 Å². The fourth-order valence-corrected chi connectivity index (χ4v) is 2.00. The monoisotopic (exact) mass is 336 g/mol. The van der Waals surface area contributed by atoms with Crippen LogP contribution in [0.25, 0.3) is 0 Å². The highest BCUT2D eigenvalue weighted by molar-refractivity contribution is 6.15. The van der Waals surface area contributed by atoms with Gasteiger partial charge in [-0.15, -0.1) is 4.90 Å². The third kappa shape index (κ3) is 4.80. The van der Waals surface area contributed by atoms with Crippen LogP contribution in [0.5, 0.6) is 0 Å². The molecule has 1 unspecified atom stereocenters. The van der Waals surface area contributed by atoms with Gasteiger partial charge in [-0.3, -0.25) is 9.59 Å². The molecule has 0 fully saturated rings. The highest BCUT2D eigenvalue weighted by atomic mass is 16.6. The number of hydrogen-bond donors (Lipinski definition) is 1. The number of nitrogens with zero attached hydrogens (tertiary/aromatic N) is 1. The Morgan fingerprint density at radius 2 is 1.58 bits per heavy atom. The minimum absolute atomic E-state index is 0.155. The van der Waals surface area contributed by atoms with Gasteiger partial charge >= 0.3 is 12.2 Å². The van der Waals surface area contributed by atoms with Crippen molar-refractivity contribution in [1.29, 1.82) is 0 Å². The maximum absolute atomic E-state index is 12.5. The van der Waals surface area contributed by atoms with Crippen LogP contribution < -0.4 is 5.32 Å². The maximum atomic E-state index is 12.5. The van der Waals surface area contributed by atoms with Crippen molar-refractivity contribution in [2.75, 3.05) is 19.5 Å². The molecule has 24 heavy (non-hydrogen) atoms. The van der Waals surface area contributed by atoms with E-state index in [1.807, 2.05) is 0 Å². The molecule has 0 bridgehead atoms. The maximum Gasteiger partial charge on any atom is 0.426 e. The zero-order valence-corrected chi connectivity index (χ0v) is 13.8. The molecule has 1 aromatic rings. The van der Waals surface area contributed by atoms with Crippen LogP contribution >= 0.6 is 0 Å². The van der Waals surface area contributed by atoms with E-state index in [0.717, 1.165) is 14.2 Å². The summed E-state index contributed by atoms with van der Waals surface area (Å²) in [7, 11) is 2.04. The fourth-order valence-electron chi connectivity index (χ4n) is 2.00. The number of hydrogen-bond acceptors (Lipinski definition) is 6. The Balaban J connectivity index is 3.03. The normalized spacial score (nSPS) is 11.1. The van der Waals surface area contributed by atoms with Crippen LogP contribution in [0, 0.1) is 5.92 Å². The van der Waals surface area contributed by atoms with E-state index < -0.39 is 29.9 Å². The predicted molar refractivity (Wildman–Crippen MR) is 85.1 cm³/mol. The van der Waals surface area contributed by atoms with Crippen LogP contribution in [-0.2, 0) is 19.1 Å². The molecule has 1 atom stereocenters. The molecule has 0 saturated carbocycles. The summed E-state index contributed by atoms with van der Waals surface area (Å²) >= 11 is 0. The number of nitrogens with one attached hydrogen (secondary N) is 1. The minimum Gasteiger partial charge on any atom is -0.452 e. The molecule has 1 aromatic carbocycles. The Morgan fingerprint density at radius 3 is 2.04 bits per heavy atom. The van der Waals surface area contributed by atoms with Crippen molar-refractivity contribution in [3.8, 4) is 0 Å². The van der Waals surface area contributed by atoms with Gasteiger partial charge in [-0.1, -0.05) is 31.5 Å². The van der Waals surface area contributed by atoms with E-state index >= 15 is 0 Å². The van der Waals surface area contributed by atoms with Crippen molar-refractivity contribution in [3.05, 3.63) is 30.3 Å². The van der Waals surface area contributed by atoms with E-state index in [9.17, 15) is 19.2 Å². The Labute approximate surface area is 139 Å². The summed E-state index contributed by atoms with van der Waals surface area (Å²) in [6.45, 7) is 1.77. The Kier molecular flexibility index (Phi) is 7.41. The van der Waals surface area contributed by atoms with Crippen LogP contribution in [0.3, 0.4) is 0 Å². The molecular formula is C16H20N2O6. The quantitative estimate of drug-likeness (QED) is 0.828. The number of rotatable bonds is 5. The van der Waals surface area contributed by atoms with Crippen molar-refractivity contribution >= 4 is 29.7 Å². The van der Waals surface area contributed by atoms with E-state index in [1.165, 1.54) is 0 Å². The number of benzene rings is 1.